The quantitative estimate of drug-likeness (QED) is 0.284. The summed E-state index contributed by atoms with van der Waals surface area (Å²) in [6.07, 6.45) is 9.99. The number of hydrogen-bond acceptors (Lipinski definition) is 8. The molecule has 244 valence electrons. The Morgan fingerprint density at radius 1 is 0.930 bits per heavy atom. The van der Waals surface area contributed by atoms with E-state index in [0.29, 0.717) is 18.9 Å². The third-order valence-corrected chi connectivity index (χ3v) is 12.0. The molecule has 5 atom stereocenters. The van der Waals surface area contributed by atoms with Crippen molar-refractivity contribution in [3.8, 4) is 0 Å². The first kappa shape index (κ1) is 31.6. The van der Waals surface area contributed by atoms with Crippen molar-refractivity contribution >= 4 is 11.8 Å². The summed E-state index contributed by atoms with van der Waals surface area (Å²) in [5.41, 5.74) is 12.9. The zero-order chi connectivity index (χ0) is 30.0. The molecule has 11 heteroatoms. The molecule has 0 aromatic heterocycles. The first-order valence-corrected chi connectivity index (χ1v) is 17.3. The number of carbonyl (C=O) groups is 2. The van der Waals surface area contributed by atoms with Gasteiger partial charge in [-0.2, -0.15) is 0 Å². The highest BCUT2D eigenvalue weighted by molar-refractivity contribution is 5.81. The van der Waals surface area contributed by atoms with Crippen molar-refractivity contribution in [2.45, 2.75) is 108 Å². The maximum atomic E-state index is 14.8. The maximum absolute atomic E-state index is 14.8. The summed E-state index contributed by atoms with van der Waals surface area (Å²) >= 11 is 0. The first-order chi connectivity index (χ1) is 20.8. The molecule has 0 bridgehead atoms. The summed E-state index contributed by atoms with van der Waals surface area (Å²) in [6, 6.07) is -0.120. The molecule has 5 saturated heterocycles. The minimum absolute atomic E-state index is 0.0616. The number of carbonyl (C=O) groups excluding carboxylic acids is 2. The Morgan fingerprint density at radius 3 is 2.37 bits per heavy atom. The summed E-state index contributed by atoms with van der Waals surface area (Å²) in [6.45, 7) is 6.85. The maximum Gasteiger partial charge on any atom is 0.227 e. The van der Waals surface area contributed by atoms with Gasteiger partial charge in [0, 0.05) is 49.6 Å². The highest BCUT2D eigenvalue weighted by Crippen LogP contribution is 2.46. The van der Waals surface area contributed by atoms with E-state index in [-0.39, 0.29) is 47.3 Å². The van der Waals surface area contributed by atoms with E-state index in [4.69, 9.17) is 16.2 Å². The lowest BCUT2D eigenvalue weighted by atomic mass is 9.65. The first-order valence-electron chi connectivity index (χ1n) is 17.3. The SMILES string of the molecule is NC(N)C(C(=O)NC1CNCCC1N1CCC(C(=O)N2CCC3(COC3)C2)CC1)C1CC2(CCCCC2)CCC(F)CN1. The van der Waals surface area contributed by atoms with E-state index in [1.165, 1.54) is 19.3 Å². The Balaban J connectivity index is 1.07. The number of piperidine rings is 2. The number of halogens is 1. The highest BCUT2D eigenvalue weighted by atomic mass is 19.1. The van der Waals surface area contributed by atoms with Crippen LogP contribution in [0.25, 0.3) is 0 Å². The van der Waals surface area contributed by atoms with Crippen molar-refractivity contribution in [1.82, 2.24) is 25.8 Å². The Labute approximate surface area is 256 Å². The van der Waals surface area contributed by atoms with Gasteiger partial charge in [-0.25, -0.2) is 4.39 Å². The Bertz CT molecular complexity index is 967. The van der Waals surface area contributed by atoms with Crippen molar-refractivity contribution in [2.75, 3.05) is 59.0 Å². The van der Waals surface area contributed by atoms with E-state index < -0.39 is 18.3 Å². The molecule has 5 heterocycles. The Hall–Kier alpha value is -1.37. The molecular formula is C32H56FN7O3. The molecule has 0 aromatic rings. The van der Waals surface area contributed by atoms with Crippen molar-refractivity contribution < 1.29 is 18.7 Å². The number of hydrogen-bond donors (Lipinski definition) is 5. The fraction of sp³-hybridized carbons (Fsp3) is 0.938. The largest absolute Gasteiger partial charge is 0.380 e. The lowest BCUT2D eigenvalue weighted by Crippen LogP contribution is -2.65. The van der Waals surface area contributed by atoms with E-state index in [2.05, 4.69) is 25.8 Å². The summed E-state index contributed by atoms with van der Waals surface area (Å²) in [4.78, 5) is 31.9. The number of nitrogens with one attached hydrogen (secondary N) is 3. The molecule has 1 aliphatic carbocycles. The smallest absolute Gasteiger partial charge is 0.227 e. The summed E-state index contributed by atoms with van der Waals surface area (Å²) < 4.78 is 20.2. The number of alkyl halides is 1. The van der Waals surface area contributed by atoms with Crippen LogP contribution in [0.3, 0.4) is 0 Å². The minimum Gasteiger partial charge on any atom is -0.380 e. The van der Waals surface area contributed by atoms with Crippen molar-refractivity contribution in [3.63, 3.8) is 0 Å². The summed E-state index contributed by atoms with van der Waals surface area (Å²) in [5, 5.41) is 10.2. The van der Waals surface area contributed by atoms with Crippen molar-refractivity contribution in [3.05, 3.63) is 0 Å². The number of nitrogens with two attached hydrogens (primary N) is 2. The molecule has 6 rings (SSSR count). The molecule has 2 spiro atoms. The second-order valence-electron chi connectivity index (χ2n) is 15.0. The van der Waals surface area contributed by atoms with E-state index in [0.717, 1.165) is 97.3 Å². The van der Waals surface area contributed by atoms with Gasteiger partial charge in [0.2, 0.25) is 11.8 Å². The van der Waals surface area contributed by atoms with Gasteiger partial charge < -0.3 is 37.1 Å². The van der Waals surface area contributed by atoms with E-state index in [1.807, 2.05) is 0 Å². The van der Waals surface area contributed by atoms with Crippen LogP contribution in [-0.4, -0.2) is 111 Å². The number of ether oxygens (including phenoxy) is 1. The predicted molar refractivity (Wildman–Crippen MR) is 164 cm³/mol. The third-order valence-electron chi connectivity index (χ3n) is 12.0. The van der Waals surface area contributed by atoms with E-state index >= 15 is 0 Å². The van der Waals surface area contributed by atoms with Crippen LogP contribution >= 0.6 is 0 Å². The molecule has 1 saturated carbocycles. The minimum atomic E-state index is -0.917. The van der Waals surface area contributed by atoms with Crippen LogP contribution in [0.4, 0.5) is 4.39 Å². The van der Waals surface area contributed by atoms with Crippen LogP contribution in [0.15, 0.2) is 0 Å². The monoisotopic (exact) mass is 605 g/mol. The second-order valence-corrected chi connectivity index (χ2v) is 15.0. The number of rotatable bonds is 6. The lowest BCUT2D eigenvalue weighted by molar-refractivity contribution is -0.140. The van der Waals surface area contributed by atoms with Gasteiger partial charge in [0.1, 0.15) is 6.17 Å². The zero-order valence-electron chi connectivity index (χ0n) is 26.0. The fourth-order valence-electron chi connectivity index (χ4n) is 9.31. The molecule has 0 aromatic carbocycles. The van der Waals surface area contributed by atoms with Crippen LogP contribution in [-0.2, 0) is 14.3 Å². The van der Waals surface area contributed by atoms with Crippen LogP contribution in [0.2, 0.25) is 0 Å². The second kappa shape index (κ2) is 13.5. The molecule has 6 aliphatic rings. The third kappa shape index (κ3) is 7.07. The van der Waals surface area contributed by atoms with Gasteiger partial charge in [-0.1, -0.05) is 19.3 Å². The summed E-state index contributed by atoms with van der Waals surface area (Å²) in [5.74, 6) is -0.351. The van der Waals surface area contributed by atoms with Crippen LogP contribution < -0.4 is 27.4 Å². The van der Waals surface area contributed by atoms with Gasteiger partial charge in [0.15, 0.2) is 0 Å². The standard InChI is InChI=1S/C32H56FN7O3/c33-23-4-10-31(8-2-1-3-9-31)16-24(37-17-23)27(28(34)35)29(41)38-25-18-36-12-5-26(25)39-13-6-22(7-14-39)30(42)40-15-11-32(19-40)20-43-21-32/h22-28,36-37H,1-21,34-35H2,(H,38,41). The zero-order valence-corrected chi connectivity index (χ0v) is 26.0. The molecule has 7 N–H and O–H groups in total. The number of amides is 2. The van der Waals surface area contributed by atoms with Crippen LogP contribution in [0.5, 0.6) is 0 Å². The normalized spacial score (nSPS) is 34.5. The van der Waals surface area contributed by atoms with Crippen molar-refractivity contribution in [2.24, 2.45) is 34.1 Å². The summed E-state index contributed by atoms with van der Waals surface area (Å²) in [7, 11) is 0. The molecule has 43 heavy (non-hydrogen) atoms. The average molecular weight is 606 g/mol. The van der Waals surface area contributed by atoms with Gasteiger partial charge in [0.05, 0.1) is 31.3 Å². The van der Waals surface area contributed by atoms with E-state index in [1.54, 1.807) is 0 Å². The van der Waals surface area contributed by atoms with Gasteiger partial charge in [-0.15, -0.1) is 0 Å². The van der Waals surface area contributed by atoms with Gasteiger partial charge >= 0.3 is 0 Å². The Kier molecular flexibility index (Phi) is 9.96. The molecular weight excluding hydrogens is 549 g/mol. The molecule has 10 nitrogen and oxygen atoms in total. The van der Waals surface area contributed by atoms with Gasteiger partial charge in [-0.3, -0.25) is 14.5 Å². The van der Waals surface area contributed by atoms with Gasteiger partial charge in [0.25, 0.3) is 0 Å². The van der Waals surface area contributed by atoms with E-state index in [9.17, 15) is 14.0 Å². The Morgan fingerprint density at radius 2 is 1.70 bits per heavy atom. The number of likely N-dealkylation sites (tertiary alicyclic amines) is 2. The lowest BCUT2D eigenvalue weighted by Gasteiger charge is -2.46. The highest BCUT2D eigenvalue weighted by Gasteiger charge is 2.47. The predicted octanol–water partition coefficient (Wildman–Crippen LogP) is 1.08. The van der Waals surface area contributed by atoms with Crippen LogP contribution in [0, 0.1) is 22.7 Å². The van der Waals surface area contributed by atoms with Gasteiger partial charge in [-0.05, 0) is 82.8 Å². The number of nitrogens with zero attached hydrogens (tertiary/aromatic N) is 2. The van der Waals surface area contributed by atoms with Crippen molar-refractivity contribution in [1.29, 1.82) is 0 Å². The molecule has 2 amide bonds. The average Bonchev–Trinajstić information content (AvgIpc) is 3.46. The molecule has 5 unspecified atom stereocenters. The molecule has 0 radical (unpaired) electrons. The topological polar surface area (TPSA) is 138 Å². The van der Waals surface area contributed by atoms with Crippen LogP contribution in [0.1, 0.15) is 77.0 Å². The fourth-order valence-corrected chi connectivity index (χ4v) is 9.31. The molecule has 5 aliphatic heterocycles. The molecule has 6 fully saturated rings.